The number of amides is 1. The third-order valence-electron chi connectivity index (χ3n) is 3.57. The van der Waals surface area contributed by atoms with Crippen molar-refractivity contribution in [2.24, 2.45) is 5.73 Å². The second-order valence-corrected chi connectivity index (χ2v) is 5.56. The third-order valence-corrected chi connectivity index (χ3v) is 3.57. The minimum Gasteiger partial charge on any atom is -0.369 e. The van der Waals surface area contributed by atoms with Crippen LogP contribution in [-0.4, -0.2) is 5.91 Å². The van der Waals surface area contributed by atoms with Crippen LogP contribution in [0.15, 0.2) is 6.07 Å². The van der Waals surface area contributed by atoms with Crippen LogP contribution in [0.4, 0.5) is 4.39 Å². The van der Waals surface area contributed by atoms with Gasteiger partial charge in [0.05, 0.1) is 6.42 Å². The zero-order valence-electron chi connectivity index (χ0n) is 11.2. The van der Waals surface area contributed by atoms with Crippen molar-refractivity contribution in [3.63, 3.8) is 0 Å². The first-order valence-electron chi connectivity index (χ1n) is 6.51. The maximum atomic E-state index is 14.3. The quantitative estimate of drug-likeness (QED) is 0.875. The van der Waals surface area contributed by atoms with Crippen molar-refractivity contribution in [1.29, 1.82) is 0 Å². The van der Waals surface area contributed by atoms with Gasteiger partial charge in [-0.05, 0) is 53.9 Å². The van der Waals surface area contributed by atoms with E-state index in [2.05, 4.69) is 0 Å². The first-order valence-corrected chi connectivity index (χ1v) is 6.51. The molecule has 98 valence electrons. The van der Waals surface area contributed by atoms with Gasteiger partial charge in [-0.25, -0.2) is 4.39 Å². The van der Waals surface area contributed by atoms with E-state index in [1.54, 1.807) is 6.92 Å². The molecule has 0 spiro atoms. The molecular formula is C15H20FNO. The maximum Gasteiger partial charge on any atom is 0.221 e. The highest BCUT2D eigenvalue weighted by Gasteiger charge is 2.30. The minimum atomic E-state index is -0.387. The molecule has 3 heteroatoms. The summed E-state index contributed by atoms with van der Waals surface area (Å²) in [5.74, 6) is 0.000558. The molecule has 1 amide bonds. The molecule has 1 saturated carbocycles. The number of carbonyl (C=O) groups is 1. The summed E-state index contributed by atoms with van der Waals surface area (Å²) in [7, 11) is 0. The lowest BCUT2D eigenvalue weighted by Gasteiger charge is -2.19. The Morgan fingerprint density at radius 2 is 2.11 bits per heavy atom. The molecule has 2 nitrogen and oxygen atoms in total. The van der Waals surface area contributed by atoms with Crippen LogP contribution in [0.5, 0.6) is 0 Å². The average Bonchev–Trinajstić information content (AvgIpc) is 3.05. The zero-order valence-corrected chi connectivity index (χ0v) is 11.2. The molecular weight excluding hydrogens is 229 g/mol. The Morgan fingerprint density at radius 1 is 1.50 bits per heavy atom. The van der Waals surface area contributed by atoms with E-state index in [1.165, 1.54) is 0 Å². The smallest absolute Gasteiger partial charge is 0.221 e. The summed E-state index contributed by atoms with van der Waals surface area (Å²) in [5, 5.41) is 0. The van der Waals surface area contributed by atoms with E-state index in [1.807, 2.05) is 19.9 Å². The Balaban J connectivity index is 2.62. The van der Waals surface area contributed by atoms with Crippen molar-refractivity contribution in [1.82, 2.24) is 0 Å². The maximum absolute atomic E-state index is 14.3. The number of carbonyl (C=O) groups excluding carboxylic acids is 1. The van der Waals surface area contributed by atoms with Crippen LogP contribution < -0.4 is 5.73 Å². The molecule has 1 fully saturated rings. The molecule has 0 aromatic heterocycles. The van der Waals surface area contributed by atoms with Gasteiger partial charge in [-0.3, -0.25) is 4.79 Å². The Bertz CT molecular complexity index is 490. The van der Waals surface area contributed by atoms with E-state index in [9.17, 15) is 9.18 Å². The van der Waals surface area contributed by atoms with Crippen molar-refractivity contribution in [2.45, 2.75) is 51.9 Å². The molecule has 1 aromatic carbocycles. The molecule has 0 aliphatic heterocycles. The molecule has 0 bridgehead atoms. The van der Waals surface area contributed by atoms with Crippen LogP contribution >= 0.6 is 0 Å². The van der Waals surface area contributed by atoms with Gasteiger partial charge in [-0.15, -0.1) is 0 Å². The molecule has 1 aromatic rings. The van der Waals surface area contributed by atoms with E-state index < -0.39 is 0 Å². The predicted octanol–water partition coefficient (Wildman–Crippen LogP) is 3.16. The van der Waals surface area contributed by atoms with Gasteiger partial charge in [0, 0.05) is 0 Å². The van der Waals surface area contributed by atoms with Crippen molar-refractivity contribution < 1.29 is 9.18 Å². The van der Waals surface area contributed by atoms with Gasteiger partial charge in [-0.2, -0.15) is 0 Å². The first kappa shape index (κ1) is 13.1. The molecule has 2 N–H and O–H groups in total. The number of halogens is 1. The largest absolute Gasteiger partial charge is 0.369 e. The standard InChI is InChI=1S/C15H20FNO/c1-8(2)14-12(7-13(17)18)11(10-4-5-10)6-9(3)15(14)16/h6,8,10H,4-5,7H2,1-3H3,(H2,17,18). The lowest BCUT2D eigenvalue weighted by molar-refractivity contribution is -0.117. The van der Waals surface area contributed by atoms with Crippen molar-refractivity contribution in [2.75, 3.05) is 0 Å². The zero-order chi connectivity index (χ0) is 13.4. The first-order chi connectivity index (χ1) is 8.41. The van der Waals surface area contributed by atoms with E-state index >= 15 is 0 Å². The molecule has 1 aliphatic rings. The molecule has 0 radical (unpaired) electrons. The third kappa shape index (κ3) is 2.40. The van der Waals surface area contributed by atoms with Crippen LogP contribution in [0, 0.1) is 12.7 Å². The van der Waals surface area contributed by atoms with Gasteiger partial charge in [0.15, 0.2) is 0 Å². The lowest BCUT2D eigenvalue weighted by Crippen LogP contribution is -2.18. The molecule has 0 heterocycles. The fourth-order valence-electron chi connectivity index (χ4n) is 2.62. The number of rotatable bonds is 4. The molecule has 18 heavy (non-hydrogen) atoms. The monoisotopic (exact) mass is 249 g/mol. The average molecular weight is 249 g/mol. The predicted molar refractivity (Wildman–Crippen MR) is 70.1 cm³/mol. The van der Waals surface area contributed by atoms with Gasteiger partial charge in [0.2, 0.25) is 5.91 Å². The molecule has 2 rings (SSSR count). The number of nitrogens with two attached hydrogens (primary N) is 1. The number of primary amides is 1. The van der Waals surface area contributed by atoms with E-state index in [-0.39, 0.29) is 24.1 Å². The van der Waals surface area contributed by atoms with Gasteiger partial charge < -0.3 is 5.73 Å². The number of hydrogen-bond donors (Lipinski definition) is 1. The number of aryl methyl sites for hydroxylation is 1. The van der Waals surface area contributed by atoms with Crippen molar-refractivity contribution in [3.05, 3.63) is 34.1 Å². The summed E-state index contributed by atoms with van der Waals surface area (Å²) in [6, 6.07) is 1.90. The normalized spacial score (nSPS) is 15.2. The number of benzene rings is 1. The second-order valence-electron chi connectivity index (χ2n) is 5.56. The van der Waals surface area contributed by atoms with Crippen LogP contribution in [0.2, 0.25) is 0 Å². The lowest BCUT2D eigenvalue weighted by atomic mass is 9.87. The summed E-state index contributed by atoms with van der Waals surface area (Å²) in [5.41, 5.74) is 8.63. The van der Waals surface area contributed by atoms with E-state index in [0.29, 0.717) is 17.0 Å². The van der Waals surface area contributed by atoms with Crippen molar-refractivity contribution in [3.8, 4) is 0 Å². The highest BCUT2D eigenvalue weighted by Crippen LogP contribution is 2.44. The summed E-state index contributed by atoms with van der Waals surface area (Å²) < 4.78 is 14.3. The van der Waals surface area contributed by atoms with Gasteiger partial charge in [-0.1, -0.05) is 19.9 Å². The second kappa shape index (κ2) is 4.71. The summed E-state index contributed by atoms with van der Waals surface area (Å²) >= 11 is 0. The highest BCUT2D eigenvalue weighted by molar-refractivity contribution is 5.78. The van der Waals surface area contributed by atoms with Gasteiger partial charge in [0.25, 0.3) is 0 Å². The highest BCUT2D eigenvalue weighted by atomic mass is 19.1. The fraction of sp³-hybridized carbons (Fsp3) is 0.533. The van der Waals surface area contributed by atoms with Gasteiger partial charge in [0.1, 0.15) is 5.82 Å². The molecule has 0 saturated heterocycles. The summed E-state index contributed by atoms with van der Waals surface area (Å²) in [6.07, 6.45) is 2.42. The van der Waals surface area contributed by atoms with Gasteiger partial charge >= 0.3 is 0 Å². The van der Waals surface area contributed by atoms with Crippen LogP contribution in [0.3, 0.4) is 0 Å². The fourth-order valence-corrected chi connectivity index (χ4v) is 2.62. The summed E-state index contributed by atoms with van der Waals surface area (Å²) in [6.45, 7) is 5.71. The molecule has 0 unspecified atom stereocenters. The van der Waals surface area contributed by atoms with Crippen molar-refractivity contribution >= 4 is 5.91 Å². The molecule has 1 aliphatic carbocycles. The SMILES string of the molecule is Cc1cc(C2CC2)c(CC(N)=O)c(C(C)C)c1F. The Kier molecular flexibility index (Phi) is 3.42. The Labute approximate surface area is 107 Å². The minimum absolute atomic E-state index is 0.0664. The Hall–Kier alpha value is -1.38. The molecule has 0 atom stereocenters. The van der Waals surface area contributed by atoms with Crippen LogP contribution in [0.1, 0.15) is 60.8 Å². The summed E-state index contributed by atoms with van der Waals surface area (Å²) in [4.78, 5) is 11.2. The number of hydrogen-bond acceptors (Lipinski definition) is 1. The topological polar surface area (TPSA) is 43.1 Å². The van der Waals surface area contributed by atoms with E-state index in [4.69, 9.17) is 5.73 Å². The van der Waals surface area contributed by atoms with Crippen LogP contribution in [0.25, 0.3) is 0 Å². The van der Waals surface area contributed by atoms with Crippen LogP contribution in [-0.2, 0) is 11.2 Å². The Morgan fingerprint density at radius 3 is 2.56 bits per heavy atom. The van der Waals surface area contributed by atoms with E-state index in [0.717, 1.165) is 24.0 Å².